The fourth-order valence-electron chi connectivity index (χ4n) is 3.03. The average molecular weight is 388 g/mol. The average Bonchev–Trinajstić information content (AvgIpc) is 3.02. The van der Waals surface area contributed by atoms with Crippen LogP contribution in [-0.4, -0.2) is 39.7 Å². The van der Waals surface area contributed by atoms with Crippen molar-refractivity contribution < 1.29 is 22.7 Å². The van der Waals surface area contributed by atoms with Crippen molar-refractivity contribution in [1.29, 1.82) is 0 Å². The number of amides is 1. The molecule has 27 heavy (non-hydrogen) atoms. The van der Waals surface area contributed by atoms with Crippen LogP contribution in [-0.2, 0) is 14.8 Å². The van der Waals surface area contributed by atoms with Gasteiger partial charge in [-0.3, -0.25) is 9.10 Å². The van der Waals surface area contributed by atoms with Crippen LogP contribution in [0.3, 0.4) is 0 Å². The van der Waals surface area contributed by atoms with Crippen LogP contribution in [0.1, 0.15) is 32.7 Å². The van der Waals surface area contributed by atoms with Gasteiger partial charge in [0, 0.05) is 17.8 Å². The third-order valence-corrected chi connectivity index (χ3v) is 6.35. The molecule has 1 fully saturated rings. The highest BCUT2D eigenvalue weighted by Gasteiger charge is 2.28. The second kappa shape index (κ2) is 7.40. The standard InChI is InChI=1S/C19H20N2O5S/c1-13-16(19(23)26-2)8-4-9-17(13)20-18(22)14-6-3-7-15(12-14)21-10-5-11-27(21,24)25/h3-4,6-9,12H,5,10-11H2,1-2H3,(H,20,22). The summed E-state index contributed by atoms with van der Waals surface area (Å²) in [6.07, 6.45) is 0.568. The molecule has 1 saturated heterocycles. The summed E-state index contributed by atoms with van der Waals surface area (Å²) in [5.74, 6) is -0.758. The number of ether oxygens (including phenoxy) is 1. The minimum atomic E-state index is -3.32. The predicted octanol–water partition coefficient (Wildman–Crippen LogP) is 2.57. The van der Waals surface area contributed by atoms with Crippen molar-refractivity contribution >= 4 is 33.3 Å². The highest BCUT2D eigenvalue weighted by atomic mass is 32.2. The maximum atomic E-state index is 12.7. The van der Waals surface area contributed by atoms with E-state index in [1.807, 2.05) is 0 Å². The van der Waals surface area contributed by atoms with E-state index in [0.29, 0.717) is 41.0 Å². The Kier molecular flexibility index (Phi) is 5.18. The van der Waals surface area contributed by atoms with Gasteiger partial charge in [0.25, 0.3) is 5.91 Å². The Hall–Kier alpha value is -2.87. The van der Waals surface area contributed by atoms with Crippen LogP contribution < -0.4 is 9.62 Å². The van der Waals surface area contributed by atoms with Gasteiger partial charge in [0.2, 0.25) is 10.0 Å². The van der Waals surface area contributed by atoms with Crippen molar-refractivity contribution in [2.45, 2.75) is 13.3 Å². The molecule has 3 rings (SSSR count). The molecule has 0 spiro atoms. The van der Waals surface area contributed by atoms with E-state index in [1.54, 1.807) is 49.4 Å². The lowest BCUT2D eigenvalue weighted by atomic mass is 10.1. The molecule has 1 N–H and O–H groups in total. The largest absolute Gasteiger partial charge is 0.465 e. The first kappa shape index (κ1) is 18.9. The minimum absolute atomic E-state index is 0.114. The van der Waals surface area contributed by atoms with E-state index in [4.69, 9.17) is 4.74 Å². The number of esters is 1. The number of nitrogens with zero attached hydrogens (tertiary/aromatic N) is 1. The van der Waals surface area contributed by atoms with Gasteiger partial charge >= 0.3 is 5.97 Å². The molecular formula is C19H20N2O5S. The zero-order valence-electron chi connectivity index (χ0n) is 15.1. The van der Waals surface area contributed by atoms with E-state index >= 15 is 0 Å². The molecule has 0 aromatic heterocycles. The van der Waals surface area contributed by atoms with Crippen LogP contribution in [0.4, 0.5) is 11.4 Å². The molecule has 142 valence electrons. The zero-order valence-corrected chi connectivity index (χ0v) is 15.9. The Morgan fingerprint density at radius 3 is 2.56 bits per heavy atom. The third-order valence-electron chi connectivity index (χ3n) is 4.48. The number of benzene rings is 2. The van der Waals surface area contributed by atoms with E-state index in [9.17, 15) is 18.0 Å². The maximum absolute atomic E-state index is 12.7. The van der Waals surface area contributed by atoms with Crippen LogP contribution in [0.5, 0.6) is 0 Å². The Bertz CT molecular complexity index is 1000. The molecule has 1 heterocycles. The number of sulfonamides is 1. The van der Waals surface area contributed by atoms with Crippen LogP contribution in [0.15, 0.2) is 42.5 Å². The molecule has 1 amide bonds. The Morgan fingerprint density at radius 1 is 1.15 bits per heavy atom. The van der Waals surface area contributed by atoms with Gasteiger partial charge in [-0.05, 0) is 49.2 Å². The molecule has 0 unspecified atom stereocenters. The quantitative estimate of drug-likeness (QED) is 0.813. The number of carbonyl (C=O) groups is 2. The SMILES string of the molecule is COC(=O)c1cccc(NC(=O)c2cccc(N3CCCS3(=O)=O)c2)c1C. The molecule has 8 heteroatoms. The van der Waals surface area contributed by atoms with Crippen molar-refractivity contribution in [2.75, 3.05) is 29.0 Å². The summed E-state index contributed by atoms with van der Waals surface area (Å²) in [6, 6.07) is 11.4. The summed E-state index contributed by atoms with van der Waals surface area (Å²) in [7, 11) is -2.02. The summed E-state index contributed by atoms with van der Waals surface area (Å²) >= 11 is 0. The monoisotopic (exact) mass is 388 g/mol. The summed E-state index contributed by atoms with van der Waals surface area (Å²) in [6.45, 7) is 2.13. The summed E-state index contributed by atoms with van der Waals surface area (Å²) < 4.78 is 30.2. The number of hydrogen-bond donors (Lipinski definition) is 1. The second-order valence-corrected chi connectivity index (χ2v) is 8.23. The molecule has 0 radical (unpaired) electrons. The molecule has 1 aliphatic heterocycles. The number of anilines is 2. The lowest BCUT2D eigenvalue weighted by Gasteiger charge is -2.17. The summed E-state index contributed by atoms with van der Waals surface area (Å²) in [5.41, 5.74) is 2.25. The van der Waals surface area contributed by atoms with Gasteiger partial charge in [-0.2, -0.15) is 0 Å². The van der Waals surface area contributed by atoms with E-state index < -0.39 is 21.9 Å². The minimum Gasteiger partial charge on any atom is -0.465 e. The smallest absolute Gasteiger partial charge is 0.338 e. The number of carbonyl (C=O) groups excluding carboxylic acids is 2. The van der Waals surface area contributed by atoms with Gasteiger partial charge in [0.15, 0.2) is 0 Å². The Morgan fingerprint density at radius 2 is 1.89 bits per heavy atom. The van der Waals surface area contributed by atoms with Crippen LogP contribution in [0.2, 0.25) is 0 Å². The van der Waals surface area contributed by atoms with E-state index in [1.165, 1.54) is 11.4 Å². The third kappa shape index (κ3) is 3.80. The molecule has 0 bridgehead atoms. The van der Waals surface area contributed by atoms with Crippen molar-refractivity contribution in [3.8, 4) is 0 Å². The molecule has 1 aliphatic rings. The van der Waals surface area contributed by atoms with Gasteiger partial charge in [0.1, 0.15) is 0 Å². The van der Waals surface area contributed by atoms with E-state index in [-0.39, 0.29) is 5.75 Å². The second-order valence-electron chi connectivity index (χ2n) is 6.22. The normalized spacial score (nSPS) is 15.4. The van der Waals surface area contributed by atoms with Gasteiger partial charge < -0.3 is 10.1 Å². The van der Waals surface area contributed by atoms with Crippen LogP contribution in [0.25, 0.3) is 0 Å². The van der Waals surface area contributed by atoms with E-state index in [2.05, 4.69) is 5.32 Å². The van der Waals surface area contributed by atoms with Gasteiger partial charge in [-0.15, -0.1) is 0 Å². The topological polar surface area (TPSA) is 92.8 Å². The first-order chi connectivity index (χ1) is 12.8. The lowest BCUT2D eigenvalue weighted by molar-refractivity contribution is 0.0599. The first-order valence-corrected chi connectivity index (χ1v) is 10.0. The molecule has 7 nitrogen and oxygen atoms in total. The lowest BCUT2D eigenvalue weighted by Crippen LogP contribution is -2.25. The van der Waals surface area contributed by atoms with Crippen molar-refractivity contribution in [2.24, 2.45) is 0 Å². The predicted molar refractivity (Wildman–Crippen MR) is 103 cm³/mol. The van der Waals surface area contributed by atoms with Crippen molar-refractivity contribution in [3.63, 3.8) is 0 Å². The highest BCUT2D eigenvalue weighted by Crippen LogP contribution is 2.26. The fraction of sp³-hybridized carbons (Fsp3) is 0.263. The zero-order chi connectivity index (χ0) is 19.6. The number of nitrogens with one attached hydrogen (secondary N) is 1. The molecule has 0 atom stereocenters. The Labute approximate surface area is 158 Å². The summed E-state index contributed by atoms with van der Waals surface area (Å²) in [4.78, 5) is 24.4. The van der Waals surface area contributed by atoms with Gasteiger partial charge in [0.05, 0.1) is 24.1 Å². The number of hydrogen-bond acceptors (Lipinski definition) is 5. The van der Waals surface area contributed by atoms with Crippen molar-refractivity contribution in [1.82, 2.24) is 0 Å². The fourth-order valence-corrected chi connectivity index (χ4v) is 4.58. The van der Waals surface area contributed by atoms with Crippen molar-refractivity contribution in [3.05, 3.63) is 59.2 Å². The molecule has 2 aromatic carbocycles. The molecular weight excluding hydrogens is 368 g/mol. The first-order valence-electron chi connectivity index (χ1n) is 8.43. The molecule has 0 saturated carbocycles. The molecule has 2 aromatic rings. The molecule has 0 aliphatic carbocycles. The van der Waals surface area contributed by atoms with Gasteiger partial charge in [-0.1, -0.05) is 12.1 Å². The van der Waals surface area contributed by atoms with Gasteiger partial charge in [-0.25, -0.2) is 13.2 Å². The van der Waals surface area contributed by atoms with Crippen LogP contribution in [0, 0.1) is 6.92 Å². The number of rotatable bonds is 4. The maximum Gasteiger partial charge on any atom is 0.338 e. The Balaban J connectivity index is 1.86. The van der Waals surface area contributed by atoms with Crippen LogP contribution >= 0.6 is 0 Å². The van der Waals surface area contributed by atoms with E-state index in [0.717, 1.165) is 0 Å². The number of methoxy groups -OCH3 is 1. The highest BCUT2D eigenvalue weighted by molar-refractivity contribution is 7.93. The summed E-state index contributed by atoms with van der Waals surface area (Å²) in [5, 5.41) is 2.77.